The normalized spacial score (nSPS) is 11.0. The molecule has 0 bridgehead atoms. The van der Waals surface area contributed by atoms with Crippen molar-refractivity contribution in [2.75, 3.05) is 6.61 Å². The Morgan fingerprint density at radius 2 is 2.06 bits per heavy atom. The standard InChI is InChI=1S/C11H11FN2O3/c1-13-8-4-2-3-7(12)9(8)10(16)14(5-6-15)11(13)17/h2-4,15H,5-6H2,1H3. The molecular formula is C11H11FN2O3. The summed E-state index contributed by atoms with van der Waals surface area (Å²) in [5, 5.41) is 8.66. The number of benzene rings is 1. The van der Waals surface area contributed by atoms with Gasteiger partial charge in [0.05, 0.1) is 24.1 Å². The number of hydrogen-bond donors (Lipinski definition) is 1. The third-order valence-electron chi connectivity index (χ3n) is 2.65. The second-order valence-electron chi connectivity index (χ2n) is 3.66. The molecule has 1 N–H and O–H groups in total. The Morgan fingerprint density at radius 1 is 1.35 bits per heavy atom. The molecule has 2 aromatic rings. The van der Waals surface area contributed by atoms with E-state index in [0.717, 1.165) is 10.6 Å². The van der Waals surface area contributed by atoms with Gasteiger partial charge in [0.2, 0.25) is 0 Å². The van der Waals surface area contributed by atoms with Gasteiger partial charge in [0, 0.05) is 7.05 Å². The number of hydrogen-bond acceptors (Lipinski definition) is 3. The summed E-state index contributed by atoms with van der Waals surface area (Å²) in [7, 11) is 1.46. The van der Waals surface area contributed by atoms with Crippen molar-refractivity contribution in [3.8, 4) is 0 Å². The predicted octanol–water partition coefficient (Wildman–Crippen LogP) is -0.168. The summed E-state index contributed by atoms with van der Waals surface area (Å²) in [5.41, 5.74) is -1.04. The van der Waals surface area contributed by atoms with Gasteiger partial charge < -0.3 is 5.11 Å². The molecule has 17 heavy (non-hydrogen) atoms. The Hall–Kier alpha value is -1.95. The number of aliphatic hydroxyl groups is 1. The summed E-state index contributed by atoms with van der Waals surface area (Å²) < 4.78 is 15.6. The van der Waals surface area contributed by atoms with Crippen LogP contribution >= 0.6 is 0 Å². The molecule has 0 saturated carbocycles. The third kappa shape index (κ3) is 1.66. The highest BCUT2D eigenvalue weighted by atomic mass is 19.1. The molecule has 1 aromatic carbocycles. The lowest BCUT2D eigenvalue weighted by Crippen LogP contribution is -2.40. The predicted molar refractivity (Wildman–Crippen MR) is 60.5 cm³/mol. The minimum absolute atomic E-state index is 0.136. The summed E-state index contributed by atoms with van der Waals surface area (Å²) >= 11 is 0. The number of aliphatic hydroxyl groups excluding tert-OH is 1. The van der Waals surface area contributed by atoms with Crippen LogP contribution in [-0.4, -0.2) is 20.8 Å². The first-order valence-corrected chi connectivity index (χ1v) is 5.07. The molecule has 5 nitrogen and oxygen atoms in total. The number of fused-ring (bicyclic) bond motifs is 1. The van der Waals surface area contributed by atoms with E-state index in [0.29, 0.717) is 0 Å². The third-order valence-corrected chi connectivity index (χ3v) is 2.65. The zero-order valence-corrected chi connectivity index (χ0v) is 9.18. The first kappa shape index (κ1) is 11.5. The molecule has 0 aliphatic heterocycles. The van der Waals surface area contributed by atoms with E-state index in [4.69, 9.17) is 5.11 Å². The van der Waals surface area contributed by atoms with Gasteiger partial charge >= 0.3 is 5.69 Å². The second-order valence-corrected chi connectivity index (χ2v) is 3.66. The van der Waals surface area contributed by atoms with Gasteiger partial charge in [-0.3, -0.25) is 13.9 Å². The molecule has 90 valence electrons. The molecule has 0 saturated heterocycles. The van der Waals surface area contributed by atoms with Crippen LogP contribution in [0.1, 0.15) is 0 Å². The SMILES string of the molecule is Cn1c(=O)n(CCO)c(=O)c2c(F)cccc21. The molecule has 2 rings (SSSR count). The lowest BCUT2D eigenvalue weighted by Gasteiger charge is -2.09. The summed E-state index contributed by atoms with van der Waals surface area (Å²) in [4.78, 5) is 23.7. The van der Waals surface area contributed by atoms with Crippen molar-refractivity contribution in [3.63, 3.8) is 0 Å². The number of rotatable bonds is 2. The fourth-order valence-electron chi connectivity index (χ4n) is 1.81. The smallest absolute Gasteiger partial charge is 0.331 e. The Bertz CT molecular complexity index is 687. The van der Waals surface area contributed by atoms with Crippen molar-refractivity contribution >= 4 is 10.9 Å². The van der Waals surface area contributed by atoms with Crippen LogP contribution in [0.5, 0.6) is 0 Å². The van der Waals surface area contributed by atoms with E-state index >= 15 is 0 Å². The summed E-state index contributed by atoms with van der Waals surface area (Å²) in [5.74, 6) is -0.671. The Morgan fingerprint density at radius 3 is 2.71 bits per heavy atom. The van der Waals surface area contributed by atoms with Gasteiger partial charge in [0.25, 0.3) is 5.56 Å². The zero-order chi connectivity index (χ0) is 12.6. The van der Waals surface area contributed by atoms with E-state index in [9.17, 15) is 14.0 Å². The lowest BCUT2D eigenvalue weighted by molar-refractivity contribution is 0.271. The van der Waals surface area contributed by atoms with Crippen LogP contribution in [0.15, 0.2) is 27.8 Å². The minimum Gasteiger partial charge on any atom is -0.395 e. The largest absolute Gasteiger partial charge is 0.395 e. The fourth-order valence-corrected chi connectivity index (χ4v) is 1.81. The van der Waals surface area contributed by atoms with Crippen molar-refractivity contribution < 1.29 is 9.50 Å². The van der Waals surface area contributed by atoms with Crippen LogP contribution in [0.3, 0.4) is 0 Å². The van der Waals surface area contributed by atoms with Crippen LogP contribution in [0.4, 0.5) is 4.39 Å². The number of nitrogens with zero attached hydrogens (tertiary/aromatic N) is 2. The Kier molecular flexibility index (Phi) is 2.81. The Balaban J connectivity index is 3.02. The maximum absolute atomic E-state index is 13.6. The quantitative estimate of drug-likeness (QED) is 0.790. The second kappa shape index (κ2) is 4.14. The fraction of sp³-hybridized carbons (Fsp3) is 0.273. The van der Waals surface area contributed by atoms with Gasteiger partial charge in [-0.2, -0.15) is 0 Å². The van der Waals surface area contributed by atoms with Gasteiger partial charge in [-0.25, -0.2) is 9.18 Å². The summed E-state index contributed by atoms with van der Waals surface area (Å²) in [6.07, 6.45) is 0. The van der Waals surface area contributed by atoms with E-state index in [2.05, 4.69) is 0 Å². The van der Waals surface area contributed by atoms with E-state index < -0.39 is 17.1 Å². The average Bonchev–Trinajstić information content (AvgIpc) is 2.31. The van der Waals surface area contributed by atoms with Crippen molar-refractivity contribution in [2.24, 2.45) is 7.05 Å². The molecule has 0 radical (unpaired) electrons. The molecule has 0 unspecified atom stereocenters. The van der Waals surface area contributed by atoms with E-state index in [1.807, 2.05) is 0 Å². The number of aromatic nitrogens is 2. The molecule has 0 aliphatic carbocycles. The Labute approximate surface area is 95.3 Å². The van der Waals surface area contributed by atoms with Gasteiger partial charge in [0.1, 0.15) is 5.82 Å². The summed E-state index contributed by atoms with van der Waals surface area (Å²) in [6, 6.07) is 4.11. The van der Waals surface area contributed by atoms with Gasteiger partial charge in [-0.1, -0.05) is 6.07 Å². The zero-order valence-electron chi connectivity index (χ0n) is 9.18. The molecule has 0 amide bonds. The van der Waals surface area contributed by atoms with E-state index in [-0.39, 0.29) is 24.1 Å². The molecule has 6 heteroatoms. The van der Waals surface area contributed by atoms with Crippen LogP contribution in [0, 0.1) is 5.82 Å². The van der Waals surface area contributed by atoms with Crippen molar-refractivity contribution in [1.82, 2.24) is 9.13 Å². The van der Waals surface area contributed by atoms with E-state index in [1.165, 1.54) is 23.7 Å². The monoisotopic (exact) mass is 238 g/mol. The topological polar surface area (TPSA) is 64.2 Å². The van der Waals surface area contributed by atoms with Crippen LogP contribution in [-0.2, 0) is 13.6 Å². The summed E-state index contributed by atoms with van der Waals surface area (Å²) in [6.45, 7) is -0.495. The molecule has 1 aromatic heterocycles. The highest BCUT2D eigenvalue weighted by Gasteiger charge is 2.13. The van der Waals surface area contributed by atoms with Gasteiger partial charge in [-0.15, -0.1) is 0 Å². The maximum atomic E-state index is 13.6. The number of halogens is 1. The van der Waals surface area contributed by atoms with Crippen molar-refractivity contribution in [1.29, 1.82) is 0 Å². The van der Waals surface area contributed by atoms with Crippen LogP contribution in [0.25, 0.3) is 10.9 Å². The van der Waals surface area contributed by atoms with Crippen molar-refractivity contribution in [3.05, 3.63) is 44.9 Å². The average molecular weight is 238 g/mol. The van der Waals surface area contributed by atoms with Crippen LogP contribution in [0.2, 0.25) is 0 Å². The van der Waals surface area contributed by atoms with Crippen molar-refractivity contribution in [2.45, 2.75) is 6.54 Å². The molecule has 0 fully saturated rings. The molecule has 0 spiro atoms. The molecule has 1 heterocycles. The maximum Gasteiger partial charge on any atom is 0.331 e. The van der Waals surface area contributed by atoms with E-state index in [1.54, 1.807) is 0 Å². The highest BCUT2D eigenvalue weighted by molar-refractivity contribution is 5.78. The highest BCUT2D eigenvalue weighted by Crippen LogP contribution is 2.10. The van der Waals surface area contributed by atoms with Gasteiger partial charge in [-0.05, 0) is 12.1 Å². The molecule has 0 atom stereocenters. The molecular weight excluding hydrogens is 227 g/mol. The first-order chi connectivity index (χ1) is 8.07. The minimum atomic E-state index is -0.713. The van der Waals surface area contributed by atoms with Gasteiger partial charge in [0.15, 0.2) is 0 Å². The van der Waals surface area contributed by atoms with Crippen LogP contribution < -0.4 is 11.2 Å². The lowest BCUT2D eigenvalue weighted by atomic mass is 10.2. The first-order valence-electron chi connectivity index (χ1n) is 5.07. The molecule has 0 aliphatic rings. The number of aryl methyl sites for hydroxylation is 1.